The van der Waals surface area contributed by atoms with Crippen molar-refractivity contribution in [2.24, 2.45) is 0 Å². The van der Waals surface area contributed by atoms with Crippen molar-refractivity contribution >= 4 is 55.5 Å². The summed E-state index contributed by atoms with van der Waals surface area (Å²) < 4.78 is 39.1. The highest BCUT2D eigenvalue weighted by Crippen LogP contribution is 2.40. The van der Waals surface area contributed by atoms with E-state index in [1.807, 2.05) is 6.92 Å². The van der Waals surface area contributed by atoms with Crippen LogP contribution < -0.4 is 14.4 Å². The first-order valence-electron chi connectivity index (χ1n) is 11.7. The summed E-state index contributed by atoms with van der Waals surface area (Å²) in [6, 6.07) is 10.9. The van der Waals surface area contributed by atoms with Crippen LogP contribution in [0.3, 0.4) is 0 Å². The van der Waals surface area contributed by atoms with Gasteiger partial charge in [0.1, 0.15) is 17.3 Å². The average Bonchev–Trinajstić information content (AvgIpc) is 3.43. The lowest BCUT2D eigenvalue weighted by Crippen LogP contribution is -2.38. The van der Waals surface area contributed by atoms with Gasteiger partial charge in [-0.1, -0.05) is 29.3 Å². The van der Waals surface area contributed by atoms with Gasteiger partial charge in [-0.05, 0) is 69.0 Å². The molecular weight excluding hydrogens is 536 g/mol. The maximum atomic E-state index is 13.8. The van der Waals surface area contributed by atoms with Crippen molar-refractivity contribution in [3.63, 3.8) is 0 Å². The zero-order valence-corrected chi connectivity index (χ0v) is 23.1. The molecule has 0 saturated carbocycles. The molecule has 37 heavy (non-hydrogen) atoms. The number of hydrogen-bond acceptors (Lipinski definition) is 7. The third-order valence-corrected chi connectivity index (χ3v) is 9.18. The predicted octanol–water partition coefficient (Wildman–Crippen LogP) is 5.22. The Morgan fingerprint density at radius 2 is 1.86 bits per heavy atom. The van der Waals surface area contributed by atoms with Gasteiger partial charge >= 0.3 is 5.97 Å². The molecule has 0 bridgehead atoms. The number of hydrogen-bond donors (Lipinski definition) is 1. The van der Waals surface area contributed by atoms with Crippen LogP contribution in [-0.2, 0) is 32.4 Å². The molecule has 1 aliphatic rings. The molecule has 196 valence electrons. The first kappa shape index (κ1) is 27.0. The molecule has 1 amide bonds. The van der Waals surface area contributed by atoms with E-state index in [1.165, 1.54) is 42.7 Å². The molecule has 0 atom stereocenters. The Hall–Kier alpha value is -3.08. The summed E-state index contributed by atoms with van der Waals surface area (Å²) in [6.07, 6.45) is 2.47. The number of rotatable bonds is 9. The van der Waals surface area contributed by atoms with Gasteiger partial charge in [0.25, 0.3) is 10.0 Å². The van der Waals surface area contributed by atoms with Gasteiger partial charge in [0, 0.05) is 9.90 Å². The molecule has 1 aromatic heterocycles. The van der Waals surface area contributed by atoms with Gasteiger partial charge in [0.05, 0.1) is 29.9 Å². The van der Waals surface area contributed by atoms with Gasteiger partial charge in [-0.3, -0.25) is 9.10 Å². The SMILES string of the molecule is CCOC(=O)c1c(NC(=O)CN(c2cc(Cl)ccc2OC)S(=O)(=O)c2ccc(C)cc2)sc2c1CCC2. The lowest BCUT2D eigenvalue weighted by molar-refractivity contribution is -0.114. The molecule has 4 rings (SSSR count). The van der Waals surface area contributed by atoms with Crippen LogP contribution >= 0.6 is 22.9 Å². The van der Waals surface area contributed by atoms with Crippen LogP contribution in [0.2, 0.25) is 5.02 Å². The molecule has 0 unspecified atom stereocenters. The summed E-state index contributed by atoms with van der Waals surface area (Å²) in [5, 5.41) is 3.40. The fraction of sp³-hybridized carbons (Fsp3) is 0.308. The maximum absolute atomic E-state index is 13.8. The third kappa shape index (κ3) is 5.61. The van der Waals surface area contributed by atoms with Gasteiger partial charge in [0.2, 0.25) is 5.91 Å². The number of halogens is 1. The fourth-order valence-corrected chi connectivity index (χ4v) is 7.09. The Morgan fingerprint density at radius 3 is 2.54 bits per heavy atom. The number of amides is 1. The average molecular weight is 563 g/mol. The van der Waals surface area contributed by atoms with Crippen molar-refractivity contribution in [2.75, 3.05) is 29.9 Å². The third-order valence-electron chi connectivity index (χ3n) is 5.96. The number of sulfonamides is 1. The largest absolute Gasteiger partial charge is 0.495 e. The molecule has 0 fully saturated rings. The normalized spacial score (nSPS) is 12.6. The molecule has 11 heteroatoms. The number of nitrogens with zero attached hydrogens (tertiary/aromatic N) is 1. The number of esters is 1. The van der Waals surface area contributed by atoms with E-state index in [9.17, 15) is 18.0 Å². The van der Waals surface area contributed by atoms with Crippen LogP contribution in [0.25, 0.3) is 0 Å². The number of thiophene rings is 1. The Bertz CT molecular complexity index is 1430. The van der Waals surface area contributed by atoms with E-state index in [2.05, 4.69) is 5.32 Å². The first-order chi connectivity index (χ1) is 17.6. The standard InChI is InChI=1S/C26H27ClN2O6S2/c1-4-35-26(31)24-19-6-5-7-22(19)36-25(24)28-23(30)15-29(20-14-17(27)10-13-21(20)34-3)37(32,33)18-11-8-16(2)9-12-18/h8-14H,4-7,15H2,1-3H3,(H,28,30). The van der Waals surface area contributed by atoms with Gasteiger partial charge in [0.15, 0.2) is 0 Å². The number of fused-ring (bicyclic) bond motifs is 1. The highest BCUT2D eigenvalue weighted by atomic mass is 35.5. The first-order valence-corrected chi connectivity index (χ1v) is 14.3. The molecule has 1 heterocycles. The van der Waals surface area contributed by atoms with Crippen molar-refractivity contribution < 1.29 is 27.5 Å². The van der Waals surface area contributed by atoms with E-state index >= 15 is 0 Å². The van der Waals surface area contributed by atoms with Crippen molar-refractivity contribution in [3.05, 3.63) is 69.1 Å². The molecule has 0 aliphatic heterocycles. The maximum Gasteiger partial charge on any atom is 0.341 e. The van der Waals surface area contributed by atoms with Crippen LogP contribution in [0.4, 0.5) is 10.7 Å². The topological polar surface area (TPSA) is 102 Å². The Morgan fingerprint density at radius 1 is 1.14 bits per heavy atom. The van der Waals surface area contributed by atoms with Crippen LogP contribution in [0.15, 0.2) is 47.4 Å². The Kier molecular flexibility index (Phi) is 8.11. The summed E-state index contributed by atoms with van der Waals surface area (Å²) >= 11 is 7.52. The minimum atomic E-state index is -4.19. The van der Waals surface area contributed by atoms with Gasteiger partial charge in [-0.2, -0.15) is 0 Å². The van der Waals surface area contributed by atoms with Crippen molar-refractivity contribution in [2.45, 2.75) is 38.0 Å². The number of carbonyl (C=O) groups excluding carboxylic acids is 2. The zero-order chi connectivity index (χ0) is 26.7. The number of methoxy groups -OCH3 is 1. The van der Waals surface area contributed by atoms with Crippen molar-refractivity contribution in [3.8, 4) is 5.75 Å². The fourth-order valence-electron chi connectivity index (χ4n) is 4.20. The minimum Gasteiger partial charge on any atom is -0.495 e. The lowest BCUT2D eigenvalue weighted by Gasteiger charge is -2.26. The number of anilines is 2. The number of carbonyl (C=O) groups is 2. The molecule has 0 saturated heterocycles. The zero-order valence-electron chi connectivity index (χ0n) is 20.7. The monoisotopic (exact) mass is 562 g/mol. The van der Waals surface area contributed by atoms with E-state index in [1.54, 1.807) is 25.1 Å². The summed E-state index contributed by atoms with van der Waals surface area (Å²) in [7, 11) is -2.79. The number of nitrogens with one attached hydrogen (secondary N) is 1. The molecule has 3 aromatic rings. The second kappa shape index (κ2) is 11.1. The highest BCUT2D eigenvalue weighted by Gasteiger charge is 2.32. The smallest absolute Gasteiger partial charge is 0.341 e. The van der Waals surface area contributed by atoms with E-state index in [0.29, 0.717) is 10.6 Å². The van der Waals surface area contributed by atoms with Crippen LogP contribution in [-0.4, -0.2) is 40.6 Å². The summed E-state index contributed by atoms with van der Waals surface area (Å²) in [4.78, 5) is 27.1. The van der Waals surface area contributed by atoms with Crippen LogP contribution in [0.1, 0.15) is 39.7 Å². The van der Waals surface area contributed by atoms with Crippen LogP contribution in [0, 0.1) is 6.92 Å². The quantitative estimate of drug-likeness (QED) is 0.359. The van der Waals surface area contributed by atoms with Crippen molar-refractivity contribution in [1.29, 1.82) is 0 Å². The molecule has 1 N–H and O–H groups in total. The molecule has 2 aromatic carbocycles. The van der Waals surface area contributed by atoms with E-state index in [4.69, 9.17) is 21.1 Å². The van der Waals surface area contributed by atoms with Gasteiger partial charge < -0.3 is 14.8 Å². The van der Waals surface area contributed by atoms with Gasteiger partial charge in [-0.15, -0.1) is 11.3 Å². The second-order valence-corrected chi connectivity index (χ2v) is 11.9. The molecule has 0 radical (unpaired) electrons. The summed E-state index contributed by atoms with van der Waals surface area (Å²) in [5.74, 6) is -0.892. The highest BCUT2D eigenvalue weighted by molar-refractivity contribution is 7.92. The summed E-state index contributed by atoms with van der Waals surface area (Å²) in [6.45, 7) is 3.20. The molecular formula is C26H27ClN2O6S2. The predicted molar refractivity (Wildman–Crippen MR) is 145 cm³/mol. The second-order valence-electron chi connectivity index (χ2n) is 8.47. The minimum absolute atomic E-state index is 0.00948. The number of benzene rings is 2. The number of aryl methyl sites for hydroxylation is 2. The molecule has 1 aliphatic carbocycles. The van der Waals surface area contributed by atoms with Crippen molar-refractivity contribution in [1.82, 2.24) is 0 Å². The molecule has 8 nitrogen and oxygen atoms in total. The van der Waals surface area contributed by atoms with Gasteiger partial charge in [-0.25, -0.2) is 13.2 Å². The van der Waals surface area contributed by atoms with E-state index < -0.39 is 28.4 Å². The van der Waals surface area contributed by atoms with E-state index in [-0.39, 0.29) is 28.0 Å². The Labute approximate surface area is 225 Å². The Balaban J connectivity index is 1.72. The van der Waals surface area contributed by atoms with Crippen LogP contribution in [0.5, 0.6) is 5.75 Å². The lowest BCUT2D eigenvalue weighted by atomic mass is 10.1. The summed E-state index contributed by atoms with van der Waals surface area (Å²) in [5.41, 5.74) is 2.24. The number of ether oxygens (including phenoxy) is 2. The molecule has 0 spiro atoms. The van der Waals surface area contributed by atoms with E-state index in [0.717, 1.165) is 39.6 Å².